The minimum atomic E-state index is -0.287. The smallest absolute Gasteiger partial charge is 0.272 e. The number of nitrogens with zero attached hydrogens (tertiary/aromatic N) is 2. The summed E-state index contributed by atoms with van der Waals surface area (Å²) >= 11 is 5.10. The third-order valence-electron chi connectivity index (χ3n) is 3.22. The largest absolute Gasteiger partial charge is 0.361 e. The van der Waals surface area contributed by atoms with Crippen LogP contribution in [0.3, 0.4) is 0 Å². The van der Waals surface area contributed by atoms with Gasteiger partial charge in [0.25, 0.3) is 5.91 Å². The van der Waals surface area contributed by atoms with Gasteiger partial charge in [-0.3, -0.25) is 15.6 Å². The van der Waals surface area contributed by atoms with Crippen molar-refractivity contribution in [2.75, 3.05) is 6.54 Å². The first-order valence-corrected chi connectivity index (χ1v) is 8.06. The number of unbranched alkanes of at least 4 members (excludes halogenated alkanes) is 2. The third kappa shape index (κ3) is 5.37. The summed E-state index contributed by atoms with van der Waals surface area (Å²) in [6, 6.07) is 9.60. The van der Waals surface area contributed by atoms with Crippen molar-refractivity contribution in [3.8, 4) is 5.69 Å². The fourth-order valence-corrected chi connectivity index (χ4v) is 2.12. The lowest BCUT2D eigenvalue weighted by molar-refractivity contribution is 0.0943. The van der Waals surface area contributed by atoms with Gasteiger partial charge in [-0.15, -0.1) is 0 Å². The molecule has 0 radical (unpaired) electrons. The minimum absolute atomic E-state index is 0.287. The Kier molecular flexibility index (Phi) is 6.56. The van der Waals surface area contributed by atoms with Crippen molar-refractivity contribution in [1.82, 2.24) is 25.9 Å². The quantitative estimate of drug-likeness (QED) is 0.430. The van der Waals surface area contributed by atoms with Crippen LogP contribution in [0, 0.1) is 0 Å². The van der Waals surface area contributed by atoms with E-state index in [4.69, 9.17) is 12.2 Å². The van der Waals surface area contributed by atoms with Gasteiger partial charge in [-0.2, -0.15) is 5.10 Å². The first-order valence-electron chi connectivity index (χ1n) is 7.65. The highest BCUT2D eigenvalue weighted by atomic mass is 32.1. The number of hydrogen-bond acceptors (Lipinski definition) is 3. The number of hydrogen-bond donors (Lipinski definition) is 3. The van der Waals surface area contributed by atoms with Crippen molar-refractivity contribution in [2.24, 2.45) is 0 Å². The molecule has 1 heterocycles. The van der Waals surface area contributed by atoms with Crippen molar-refractivity contribution < 1.29 is 4.79 Å². The molecule has 2 rings (SSSR count). The second-order valence-electron chi connectivity index (χ2n) is 5.05. The van der Waals surface area contributed by atoms with E-state index < -0.39 is 0 Å². The number of carbonyl (C=O) groups excluding carboxylic acids is 1. The molecule has 0 fully saturated rings. The Morgan fingerprint density at radius 1 is 1.22 bits per heavy atom. The summed E-state index contributed by atoms with van der Waals surface area (Å²) in [6.45, 7) is 2.94. The number of nitrogens with one attached hydrogen (secondary N) is 3. The summed E-state index contributed by atoms with van der Waals surface area (Å²) in [5, 5.41) is 7.63. The second kappa shape index (κ2) is 8.89. The van der Waals surface area contributed by atoms with Gasteiger partial charge >= 0.3 is 0 Å². The molecule has 122 valence electrons. The molecule has 1 aromatic heterocycles. The van der Waals surface area contributed by atoms with Gasteiger partial charge in [-0.25, -0.2) is 4.68 Å². The summed E-state index contributed by atoms with van der Waals surface area (Å²) in [5.41, 5.74) is 6.60. The summed E-state index contributed by atoms with van der Waals surface area (Å²) < 4.78 is 1.65. The highest BCUT2D eigenvalue weighted by Gasteiger charge is 2.09. The monoisotopic (exact) mass is 331 g/mol. The van der Waals surface area contributed by atoms with Crippen LogP contribution in [0.2, 0.25) is 0 Å². The summed E-state index contributed by atoms with van der Waals surface area (Å²) in [7, 11) is 0. The molecule has 0 bridgehead atoms. The Hall–Kier alpha value is -2.41. The van der Waals surface area contributed by atoms with E-state index in [0.29, 0.717) is 10.7 Å². The molecule has 1 aromatic carbocycles. The van der Waals surface area contributed by atoms with Gasteiger partial charge in [0, 0.05) is 12.7 Å². The van der Waals surface area contributed by atoms with Crippen LogP contribution < -0.4 is 16.2 Å². The molecular formula is C16H21N5OS. The topological polar surface area (TPSA) is 71.0 Å². The highest BCUT2D eigenvalue weighted by Crippen LogP contribution is 2.07. The maximum Gasteiger partial charge on any atom is 0.272 e. The van der Waals surface area contributed by atoms with Crippen LogP contribution in [0.5, 0.6) is 0 Å². The molecule has 0 unspecified atom stereocenters. The van der Waals surface area contributed by atoms with Gasteiger partial charge in [0.1, 0.15) is 0 Å². The molecule has 0 saturated heterocycles. The molecule has 0 spiro atoms. The molecule has 0 aliphatic carbocycles. The van der Waals surface area contributed by atoms with Gasteiger partial charge in [-0.1, -0.05) is 38.0 Å². The first kappa shape index (κ1) is 17.0. The van der Waals surface area contributed by atoms with Crippen molar-refractivity contribution in [2.45, 2.75) is 26.2 Å². The first-order chi connectivity index (χ1) is 11.2. The molecule has 2 aromatic rings. The van der Waals surface area contributed by atoms with Crippen LogP contribution in [0.25, 0.3) is 5.69 Å². The number of hydrazine groups is 1. The van der Waals surface area contributed by atoms with Gasteiger partial charge in [0.05, 0.1) is 17.4 Å². The molecule has 1 amide bonds. The summed E-state index contributed by atoms with van der Waals surface area (Å²) in [6.07, 6.45) is 6.55. The van der Waals surface area contributed by atoms with Crippen LogP contribution >= 0.6 is 12.2 Å². The maximum atomic E-state index is 12.1. The Morgan fingerprint density at radius 2 is 2.00 bits per heavy atom. The van der Waals surface area contributed by atoms with E-state index in [1.165, 1.54) is 6.20 Å². The van der Waals surface area contributed by atoms with Crippen LogP contribution in [0.4, 0.5) is 0 Å². The van der Waals surface area contributed by atoms with Crippen molar-refractivity contribution in [3.05, 3.63) is 48.3 Å². The standard InChI is InChI=1S/C16H21N5OS/c1-2-3-7-10-17-16(23)20-19-15(22)13-11-18-21(12-13)14-8-5-4-6-9-14/h4-6,8-9,11-12H,2-3,7,10H2,1H3,(H,19,22)(H2,17,20,23). The zero-order chi connectivity index (χ0) is 16.5. The van der Waals surface area contributed by atoms with Gasteiger partial charge in [-0.05, 0) is 30.8 Å². The summed E-state index contributed by atoms with van der Waals surface area (Å²) in [5.74, 6) is -0.287. The average molecular weight is 331 g/mol. The van der Waals surface area contributed by atoms with Crippen molar-refractivity contribution >= 4 is 23.2 Å². The fraction of sp³-hybridized carbons (Fsp3) is 0.312. The van der Waals surface area contributed by atoms with Gasteiger partial charge in [0.15, 0.2) is 5.11 Å². The van der Waals surface area contributed by atoms with E-state index in [1.807, 2.05) is 30.3 Å². The number of benzene rings is 1. The van der Waals surface area contributed by atoms with E-state index in [9.17, 15) is 4.79 Å². The minimum Gasteiger partial charge on any atom is -0.361 e. The predicted molar refractivity (Wildman–Crippen MR) is 94.3 cm³/mol. The number of carbonyl (C=O) groups is 1. The lowest BCUT2D eigenvalue weighted by Gasteiger charge is -2.10. The van der Waals surface area contributed by atoms with E-state index in [2.05, 4.69) is 28.2 Å². The second-order valence-corrected chi connectivity index (χ2v) is 5.46. The SMILES string of the molecule is CCCCCNC(=S)NNC(=O)c1cnn(-c2ccccc2)c1. The Balaban J connectivity index is 1.80. The zero-order valence-electron chi connectivity index (χ0n) is 13.1. The van der Waals surface area contributed by atoms with E-state index in [0.717, 1.165) is 31.5 Å². The summed E-state index contributed by atoms with van der Waals surface area (Å²) in [4.78, 5) is 12.1. The normalized spacial score (nSPS) is 10.1. The lowest BCUT2D eigenvalue weighted by Crippen LogP contribution is -2.46. The highest BCUT2D eigenvalue weighted by molar-refractivity contribution is 7.80. The van der Waals surface area contributed by atoms with Crippen molar-refractivity contribution in [1.29, 1.82) is 0 Å². The molecule has 23 heavy (non-hydrogen) atoms. The number of para-hydroxylation sites is 1. The lowest BCUT2D eigenvalue weighted by atomic mass is 10.2. The van der Waals surface area contributed by atoms with Crippen LogP contribution in [0.1, 0.15) is 36.5 Å². The van der Waals surface area contributed by atoms with Crippen LogP contribution in [0.15, 0.2) is 42.7 Å². The Labute approximate surface area is 141 Å². The maximum absolute atomic E-state index is 12.1. The van der Waals surface area contributed by atoms with Crippen molar-refractivity contribution in [3.63, 3.8) is 0 Å². The molecular weight excluding hydrogens is 310 g/mol. The molecule has 0 aliphatic heterocycles. The average Bonchev–Trinajstić information content (AvgIpc) is 3.07. The Morgan fingerprint density at radius 3 is 2.74 bits per heavy atom. The zero-order valence-corrected chi connectivity index (χ0v) is 13.9. The molecule has 6 nitrogen and oxygen atoms in total. The number of thiocarbonyl (C=S) groups is 1. The molecule has 0 atom stereocenters. The van der Waals surface area contributed by atoms with Gasteiger partial charge < -0.3 is 5.32 Å². The third-order valence-corrected chi connectivity index (χ3v) is 3.47. The van der Waals surface area contributed by atoms with Gasteiger partial charge in [0.2, 0.25) is 0 Å². The van der Waals surface area contributed by atoms with E-state index >= 15 is 0 Å². The number of rotatable bonds is 6. The number of amides is 1. The molecule has 0 aliphatic rings. The fourth-order valence-electron chi connectivity index (χ4n) is 1.97. The Bertz CT molecular complexity index is 641. The van der Waals surface area contributed by atoms with Crippen LogP contribution in [-0.4, -0.2) is 27.3 Å². The van der Waals surface area contributed by atoms with E-state index in [1.54, 1.807) is 10.9 Å². The molecule has 7 heteroatoms. The molecule has 0 saturated carbocycles. The van der Waals surface area contributed by atoms with Crippen LogP contribution in [-0.2, 0) is 0 Å². The molecule has 3 N–H and O–H groups in total. The van der Waals surface area contributed by atoms with E-state index in [-0.39, 0.29) is 5.91 Å². The number of aromatic nitrogens is 2. The predicted octanol–water partition coefficient (Wildman–Crippen LogP) is 2.17.